The van der Waals surface area contributed by atoms with E-state index >= 15 is 0 Å². The Morgan fingerprint density at radius 3 is 2.22 bits per heavy atom. The average molecular weight is 508 g/mol. The van der Waals surface area contributed by atoms with Crippen LogP contribution in [0.1, 0.15) is 62.9 Å². The van der Waals surface area contributed by atoms with Crippen molar-refractivity contribution < 1.29 is 19.1 Å². The Kier molecular flexibility index (Phi) is 10.1. The Hall–Kier alpha value is -3.61. The first-order chi connectivity index (χ1) is 17.2. The molecule has 2 rings (SSSR count). The zero-order chi connectivity index (χ0) is 27.9. The number of carbonyl (C=O) groups is 3. The third-order valence-corrected chi connectivity index (χ3v) is 5.90. The summed E-state index contributed by atoms with van der Waals surface area (Å²) >= 11 is 0. The first-order valence-corrected chi connectivity index (χ1v) is 12.6. The average Bonchev–Trinajstić information content (AvgIpc) is 2.78. The number of amides is 3. The monoisotopic (exact) mass is 507 g/mol. The molecule has 3 amide bonds. The lowest BCUT2D eigenvalue weighted by Gasteiger charge is -2.35. The Morgan fingerprint density at radius 2 is 1.68 bits per heavy atom. The highest BCUT2D eigenvalue weighted by Gasteiger charge is 2.37. The van der Waals surface area contributed by atoms with Gasteiger partial charge in [-0.2, -0.15) is 0 Å². The minimum Gasteiger partial charge on any atom is -0.444 e. The Balaban J connectivity index is 2.55. The number of nitrogens with one attached hydrogen (secondary N) is 2. The summed E-state index contributed by atoms with van der Waals surface area (Å²) in [6, 6.07) is 11.4. The van der Waals surface area contributed by atoms with Crippen LogP contribution in [0.5, 0.6) is 0 Å². The molecule has 2 aromatic carbocycles. The van der Waals surface area contributed by atoms with Gasteiger partial charge in [0.25, 0.3) is 5.91 Å². The van der Waals surface area contributed by atoms with Crippen LogP contribution < -0.4 is 10.6 Å². The van der Waals surface area contributed by atoms with E-state index in [1.807, 2.05) is 77.1 Å². The summed E-state index contributed by atoms with van der Waals surface area (Å²) in [7, 11) is 0. The molecule has 0 aromatic heterocycles. The van der Waals surface area contributed by atoms with Crippen molar-refractivity contribution in [1.29, 1.82) is 0 Å². The fourth-order valence-electron chi connectivity index (χ4n) is 4.09. The van der Waals surface area contributed by atoms with Gasteiger partial charge in [0, 0.05) is 12.2 Å². The molecule has 7 heteroatoms. The molecule has 200 valence electrons. The molecule has 0 aliphatic rings. The highest BCUT2D eigenvalue weighted by atomic mass is 16.6. The first-order valence-electron chi connectivity index (χ1n) is 12.6. The van der Waals surface area contributed by atoms with E-state index in [1.165, 1.54) is 4.90 Å². The fourth-order valence-corrected chi connectivity index (χ4v) is 4.09. The van der Waals surface area contributed by atoms with Crippen molar-refractivity contribution in [2.75, 3.05) is 11.9 Å². The van der Waals surface area contributed by atoms with Gasteiger partial charge in [-0.3, -0.25) is 9.59 Å². The summed E-state index contributed by atoms with van der Waals surface area (Å²) in [5.74, 6) is -1.01. The number of carbonyl (C=O) groups excluding carboxylic acids is 3. The van der Waals surface area contributed by atoms with Gasteiger partial charge >= 0.3 is 6.09 Å². The van der Waals surface area contributed by atoms with Gasteiger partial charge in [-0.1, -0.05) is 61.9 Å². The molecule has 0 bridgehead atoms. The van der Waals surface area contributed by atoms with E-state index in [9.17, 15) is 14.4 Å². The number of rotatable bonds is 9. The molecule has 0 fully saturated rings. The second kappa shape index (κ2) is 12.6. The van der Waals surface area contributed by atoms with Gasteiger partial charge in [-0.05, 0) is 70.2 Å². The molecule has 0 aliphatic heterocycles. The van der Waals surface area contributed by atoms with Crippen molar-refractivity contribution in [2.24, 2.45) is 5.92 Å². The van der Waals surface area contributed by atoms with Gasteiger partial charge in [0.15, 0.2) is 0 Å². The normalized spacial score (nSPS) is 12.9. The predicted molar refractivity (Wildman–Crippen MR) is 148 cm³/mol. The minimum atomic E-state index is -0.951. The molecule has 2 atom stereocenters. The van der Waals surface area contributed by atoms with Crippen LogP contribution in [0.4, 0.5) is 10.5 Å². The summed E-state index contributed by atoms with van der Waals surface area (Å²) < 4.78 is 5.41. The maximum absolute atomic E-state index is 14.0. The SMILES string of the molecule is C=CCN(C(=O)C(NC(=O)OC(C)(C)C)C(C)C)C(C(=O)Nc1ccccc1C)c1ccc(C)cc1C. The lowest BCUT2D eigenvalue weighted by molar-refractivity contribution is -0.141. The summed E-state index contributed by atoms with van der Waals surface area (Å²) in [5.41, 5.74) is 3.49. The lowest BCUT2D eigenvalue weighted by Crippen LogP contribution is -2.54. The van der Waals surface area contributed by atoms with Crippen LogP contribution in [-0.2, 0) is 14.3 Å². The second-order valence-electron chi connectivity index (χ2n) is 10.7. The van der Waals surface area contributed by atoms with Gasteiger partial charge < -0.3 is 20.3 Å². The highest BCUT2D eigenvalue weighted by molar-refractivity contribution is 5.99. The van der Waals surface area contributed by atoms with Crippen molar-refractivity contribution in [2.45, 2.75) is 73.1 Å². The number of benzene rings is 2. The Morgan fingerprint density at radius 1 is 1.03 bits per heavy atom. The molecule has 0 saturated carbocycles. The molecule has 0 heterocycles. The van der Waals surface area contributed by atoms with Crippen LogP contribution in [0.15, 0.2) is 55.1 Å². The number of anilines is 1. The molecule has 2 unspecified atom stereocenters. The van der Waals surface area contributed by atoms with E-state index in [4.69, 9.17) is 4.74 Å². The van der Waals surface area contributed by atoms with Crippen LogP contribution in [0.3, 0.4) is 0 Å². The highest BCUT2D eigenvalue weighted by Crippen LogP contribution is 2.29. The molecule has 37 heavy (non-hydrogen) atoms. The zero-order valence-electron chi connectivity index (χ0n) is 23.3. The van der Waals surface area contributed by atoms with Crippen molar-refractivity contribution in [1.82, 2.24) is 10.2 Å². The van der Waals surface area contributed by atoms with Gasteiger partial charge in [0.1, 0.15) is 17.7 Å². The number of aryl methyl sites for hydroxylation is 3. The summed E-state index contributed by atoms with van der Waals surface area (Å²) in [4.78, 5) is 42.0. The number of alkyl carbamates (subject to hydrolysis) is 1. The molecular weight excluding hydrogens is 466 g/mol. The number of hydrogen-bond acceptors (Lipinski definition) is 4. The largest absolute Gasteiger partial charge is 0.444 e. The molecule has 0 aliphatic carbocycles. The first kappa shape index (κ1) is 29.6. The quantitative estimate of drug-likeness (QED) is 0.417. The number of para-hydroxylation sites is 1. The summed E-state index contributed by atoms with van der Waals surface area (Å²) in [6.07, 6.45) is 0.894. The van der Waals surface area contributed by atoms with Crippen LogP contribution in [0.2, 0.25) is 0 Å². The maximum atomic E-state index is 14.0. The van der Waals surface area contributed by atoms with Crippen LogP contribution in [-0.4, -0.2) is 41.0 Å². The fraction of sp³-hybridized carbons (Fsp3) is 0.433. The van der Waals surface area contributed by atoms with Gasteiger partial charge in [-0.25, -0.2) is 4.79 Å². The standard InChI is InChI=1S/C30H41N3O4/c1-10-17-33(28(35)25(19(2)3)32-29(36)37-30(7,8)9)26(23-16-15-20(4)18-22(23)6)27(34)31-24-14-12-11-13-21(24)5/h10-16,18-19,25-26H,1,17H2,2-9H3,(H,31,34)(H,32,36). The third kappa shape index (κ3) is 8.20. The van der Waals surface area contributed by atoms with Crippen molar-refractivity contribution in [3.63, 3.8) is 0 Å². The maximum Gasteiger partial charge on any atom is 0.408 e. The van der Waals surface area contributed by atoms with E-state index in [2.05, 4.69) is 17.2 Å². The third-order valence-electron chi connectivity index (χ3n) is 5.90. The molecular formula is C30H41N3O4. The molecule has 0 spiro atoms. The number of hydrogen-bond donors (Lipinski definition) is 2. The smallest absolute Gasteiger partial charge is 0.408 e. The molecule has 0 saturated heterocycles. The van der Waals surface area contributed by atoms with Crippen LogP contribution in [0, 0.1) is 26.7 Å². The predicted octanol–water partition coefficient (Wildman–Crippen LogP) is 5.86. The minimum absolute atomic E-state index is 0.108. The van der Waals surface area contributed by atoms with Crippen LogP contribution in [0.25, 0.3) is 0 Å². The Bertz CT molecular complexity index is 1130. The van der Waals surface area contributed by atoms with E-state index in [0.29, 0.717) is 11.3 Å². The molecule has 2 N–H and O–H groups in total. The van der Waals surface area contributed by atoms with Crippen LogP contribution >= 0.6 is 0 Å². The van der Waals surface area contributed by atoms with Crippen molar-refractivity contribution in [3.8, 4) is 0 Å². The zero-order valence-corrected chi connectivity index (χ0v) is 23.3. The lowest BCUT2D eigenvalue weighted by atomic mass is 9.95. The van der Waals surface area contributed by atoms with Gasteiger partial charge in [0.2, 0.25) is 5.91 Å². The summed E-state index contributed by atoms with van der Waals surface area (Å²) in [6.45, 7) is 18.7. The second-order valence-corrected chi connectivity index (χ2v) is 10.7. The van der Waals surface area contributed by atoms with Crippen molar-refractivity contribution >= 4 is 23.6 Å². The van der Waals surface area contributed by atoms with E-state index in [0.717, 1.165) is 16.7 Å². The molecule has 2 aromatic rings. The molecule has 7 nitrogen and oxygen atoms in total. The summed E-state index contributed by atoms with van der Waals surface area (Å²) in [5, 5.41) is 5.73. The number of ether oxygens (including phenoxy) is 1. The number of nitrogens with zero attached hydrogens (tertiary/aromatic N) is 1. The van der Waals surface area contributed by atoms with Crippen molar-refractivity contribution in [3.05, 3.63) is 77.4 Å². The Labute approximate surface area is 221 Å². The van der Waals surface area contributed by atoms with E-state index in [1.54, 1.807) is 26.8 Å². The van der Waals surface area contributed by atoms with Gasteiger partial charge in [0.05, 0.1) is 0 Å². The van der Waals surface area contributed by atoms with E-state index < -0.39 is 29.7 Å². The molecule has 0 radical (unpaired) electrons. The van der Waals surface area contributed by atoms with Gasteiger partial charge in [-0.15, -0.1) is 6.58 Å². The van der Waals surface area contributed by atoms with E-state index in [-0.39, 0.29) is 18.4 Å². The topological polar surface area (TPSA) is 87.7 Å².